The van der Waals surface area contributed by atoms with Crippen molar-refractivity contribution in [1.82, 2.24) is 9.62 Å². The highest BCUT2D eigenvalue weighted by atomic mass is 32.2. The van der Waals surface area contributed by atoms with E-state index in [9.17, 15) is 18.3 Å². The van der Waals surface area contributed by atoms with Crippen LogP contribution in [0, 0.1) is 0 Å². The van der Waals surface area contributed by atoms with E-state index in [4.69, 9.17) is 0 Å². The van der Waals surface area contributed by atoms with Crippen molar-refractivity contribution in [2.45, 2.75) is 44.7 Å². The molecule has 2 N–H and O–H groups in total. The Hall–Kier alpha value is -0.660. The Balaban J connectivity index is 2.78. The Labute approximate surface area is 108 Å². The molecule has 1 saturated heterocycles. The summed E-state index contributed by atoms with van der Waals surface area (Å²) in [6.07, 6.45) is 2.60. The Kier molecular flexibility index (Phi) is 4.74. The predicted molar refractivity (Wildman–Crippen MR) is 68.9 cm³/mol. The number of piperidine rings is 1. The molecular weight excluding hydrogens is 256 g/mol. The first kappa shape index (κ1) is 15.4. The first-order chi connectivity index (χ1) is 8.21. The molecule has 106 valence electrons. The lowest BCUT2D eigenvalue weighted by molar-refractivity contribution is -0.147. The highest BCUT2D eigenvalue weighted by Crippen LogP contribution is 2.25. The van der Waals surface area contributed by atoms with Crippen LogP contribution in [-0.2, 0) is 14.8 Å². The largest absolute Gasteiger partial charge is 0.480 e. The zero-order chi connectivity index (χ0) is 14.0. The van der Waals surface area contributed by atoms with Gasteiger partial charge in [0.25, 0.3) is 0 Å². The fourth-order valence-corrected chi connectivity index (χ4v) is 3.04. The van der Waals surface area contributed by atoms with Gasteiger partial charge < -0.3 is 5.11 Å². The lowest BCUT2D eigenvalue weighted by Crippen LogP contribution is -2.61. The molecule has 0 aliphatic carbocycles. The van der Waals surface area contributed by atoms with Crippen LogP contribution in [0.15, 0.2) is 0 Å². The van der Waals surface area contributed by atoms with Crippen molar-refractivity contribution in [2.75, 3.05) is 19.3 Å². The maximum Gasteiger partial charge on any atom is 0.324 e. The van der Waals surface area contributed by atoms with E-state index in [-0.39, 0.29) is 19.1 Å². The van der Waals surface area contributed by atoms with E-state index in [1.54, 1.807) is 0 Å². The summed E-state index contributed by atoms with van der Waals surface area (Å²) in [5.74, 6) is -0.893. The van der Waals surface area contributed by atoms with Gasteiger partial charge in [0.1, 0.15) is 5.54 Å². The first-order valence-electron chi connectivity index (χ1n) is 6.17. The molecule has 1 aliphatic rings. The Morgan fingerprint density at radius 1 is 1.44 bits per heavy atom. The fourth-order valence-electron chi connectivity index (χ4n) is 2.19. The summed E-state index contributed by atoms with van der Waals surface area (Å²) in [6, 6.07) is 0.103. The molecule has 0 saturated carbocycles. The van der Waals surface area contributed by atoms with Crippen molar-refractivity contribution in [2.24, 2.45) is 0 Å². The minimum Gasteiger partial charge on any atom is -0.480 e. The molecule has 0 aromatic carbocycles. The number of carboxylic acids is 1. The maximum atomic E-state index is 11.5. The molecule has 0 spiro atoms. The van der Waals surface area contributed by atoms with Gasteiger partial charge in [-0.1, -0.05) is 6.92 Å². The van der Waals surface area contributed by atoms with Gasteiger partial charge in [0.05, 0.1) is 6.26 Å². The third-order valence-electron chi connectivity index (χ3n) is 3.59. The molecule has 7 heteroatoms. The second kappa shape index (κ2) is 5.54. The monoisotopic (exact) mass is 278 g/mol. The van der Waals surface area contributed by atoms with Crippen molar-refractivity contribution in [3.05, 3.63) is 0 Å². The van der Waals surface area contributed by atoms with Crippen LogP contribution in [0.3, 0.4) is 0 Å². The second-order valence-electron chi connectivity index (χ2n) is 5.00. The van der Waals surface area contributed by atoms with E-state index in [2.05, 4.69) is 5.32 Å². The molecule has 1 atom stereocenters. The van der Waals surface area contributed by atoms with Crippen LogP contribution in [-0.4, -0.2) is 54.7 Å². The third-order valence-corrected chi connectivity index (χ3v) is 4.89. The molecule has 0 radical (unpaired) electrons. The summed E-state index contributed by atoms with van der Waals surface area (Å²) >= 11 is 0. The fraction of sp³-hybridized carbons (Fsp3) is 0.909. The number of carboxylic acid groups (broad SMARTS) is 1. The van der Waals surface area contributed by atoms with Crippen LogP contribution in [0.5, 0.6) is 0 Å². The van der Waals surface area contributed by atoms with Crippen LogP contribution < -0.4 is 5.32 Å². The Morgan fingerprint density at radius 3 is 2.28 bits per heavy atom. The summed E-state index contributed by atoms with van der Waals surface area (Å²) in [7, 11) is -3.22. The smallest absolute Gasteiger partial charge is 0.324 e. The van der Waals surface area contributed by atoms with Crippen LogP contribution in [0.25, 0.3) is 0 Å². The van der Waals surface area contributed by atoms with Gasteiger partial charge >= 0.3 is 5.97 Å². The molecule has 0 aromatic heterocycles. The number of aliphatic carboxylic acids is 1. The standard InChI is InChI=1S/C11H22N2O4S/c1-4-9(2)12-11(10(14)15)5-7-13(8-6-11)18(3,16)17/h9,12H,4-8H2,1-3H3,(H,14,15). The van der Waals surface area contributed by atoms with Crippen molar-refractivity contribution in [3.63, 3.8) is 0 Å². The van der Waals surface area contributed by atoms with Gasteiger partial charge in [0.2, 0.25) is 10.0 Å². The van der Waals surface area contributed by atoms with Crippen LogP contribution in [0.4, 0.5) is 0 Å². The van der Waals surface area contributed by atoms with E-state index >= 15 is 0 Å². The highest BCUT2D eigenvalue weighted by molar-refractivity contribution is 7.88. The predicted octanol–water partition coefficient (Wildman–Crippen LogP) is 0.253. The minimum absolute atomic E-state index is 0.103. The zero-order valence-corrected chi connectivity index (χ0v) is 12.0. The van der Waals surface area contributed by atoms with E-state index in [1.165, 1.54) is 4.31 Å². The van der Waals surface area contributed by atoms with Gasteiger partial charge in [0, 0.05) is 19.1 Å². The molecule has 1 unspecified atom stereocenters. The van der Waals surface area contributed by atoms with Gasteiger partial charge in [-0.05, 0) is 26.2 Å². The van der Waals surface area contributed by atoms with Gasteiger partial charge in [-0.15, -0.1) is 0 Å². The Morgan fingerprint density at radius 2 is 1.94 bits per heavy atom. The van der Waals surface area contributed by atoms with Crippen LogP contribution in [0.1, 0.15) is 33.1 Å². The number of nitrogens with zero attached hydrogens (tertiary/aromatic N) is 1. The van der Waals surface area contributed by atoms with Gasteiger partial charge in [-0.25, -0.2) is 12.7 Å². The molecule has 1 rings (SSSR count). The molecule has 0 aromatic rings. The third kappa shape index (κ3) is 3.43. The first-order valence-corrected chi connectivity index (χ1v) is 8.02. The molecule has 18 heavy (non-hydrogen) atoms. The minimum atomic E-state index is -3.22. The molecular formula is C11H22N2O4S. The lowest BCUT2D eigenvalue weighted by Gasteiger charge is -2.40. The van der Waals surface area contributed by atoms with Gasteiger partial charge in [0.15, 0.2) is 0 Å². The Bertz CT molecular complexity index is 399. The van der Waals surface area contributed by atoms with Crippen molar-refractivity contribution < 1.29 is 18.3 Å². The molecule has 1 heterocycles. The SMILES string of the molecule is CCC(C)NC1(C(=O)O)CCN(S(C)(=O)=O)CC1. The van der Waals surface area contributed by atoms with Crippen LogP contribution >= 0.6 is 0 Å². The number of carbonyl (C=O) groups is 1. The van der Waals surface area contributed by atoms with Crippen molar-refractivity contribution >= 4 is 16.0 Å². The van der Waals surface area contributed by atoms with Crippen LogP contribution in [0.2, 0.25) is 0 Å². The number of rotatable bonds is 5. The van der Waals surface area contributed by atoms with Crippen molar-refractivity contribution in [3.8, 4) is 0 Å². The summed E-state index contributed by atoms with van der Waals surface area (Å²) < 4.78 is 24.1. The second-order valence-corrected chi connectivity index (χ2v) is 6.99. The number of hydrogen-bond acceptors (Lipinski definition) is 4. The molecule has 1 fully saturated rings. The average molecular weight is 278 g/mol. The normalized spacial score (nSPS) is 22.6. The summed E-state index contributed by atoms with van der Waals surface area (Å²) in [4.78, 5) is 11.5. The van der Waals surface area contributed by atoms with Crippen molar-refractivity contribution in [1.29, 1.82) is 0 Å². The van der Waals surface area contributed by atoms with E-state index in [0.717, 1.165) is 12.7 Å². The molecule has 6 nitrogen and oxygen atoms in total. The molecule has 0 bridgehead atoms. The average Bonchev–Trinajstić information content (AvgIpc) is 2.28. The van der Waals surface area contributed by atoms with Gasteiger partial charge in [-0.2, -0.15) is 0 Å². The summed E-state index contributed by atoms with van der Waals surface area (Å²) in [5.41, 5.74) is -0.989. The summed E-state index contributed by atoms with van der Waals surface area (Å²) in [6.45, 7) is 4.44. The topological polar surface area (TPSA) is 86.7 Å². The zero-order valence-electron chi connectivity index (χ0n) is 11.1. The maximum absolute atomic E-state index is 11.5. The highest BCUT2D eigenvalue weighted by Gasteiger charge is 2.43. The summed E-state index contributed by atoms with van der Waals surface area (Å²) in [5, 5.41) is 12.5. The van der Waals surface area contributed by atoms with E-state index in [1.807, 2.05) is 13.8 Å². The lowest BCUT2D eigenvalue weighted by atomic mass is 9.87. The quantitative estimate of drug-likeness (QED) is 0.753. The van der Waals surface area contributed by atoms with E-state index < -0.39 is 21.5 Å². The number of sulfonamides is 1. The van der Waals surface area contributed by atoms with Gasteiger partial charge in [-0.3, -0.25) is 10.1 Å². The number of nitrogens with one attached hydrogen (secondary N) is 1. The number of hydrogen-bond donors (Lipinski definition) is 2. The van der Waals surface area contributed by atoms with E-state index in [0.29, 0.717) is 12.8 Å². The molecule has 0 amide bonds. The molecule has 1 aliphatic heterocycles.